The first-order valence-corrected chi connectivity index (χ1v) is 5.53. The number of hydrogen-bond donors (Lipinski definition) is 1. The first-order chi connectivity index (χ1) is 8.96. The molecule has 0 fully saturated rings. The average molecular weight is 268 g/mol. The summed E-state index contributed by atoms with van der Waals surface area (Å²) < 4.78 is 15.3. The zero-order chi connectivity index (χ0) is 14.6. The number of methoxy groups -OCH3 is 3. The lowest BCUT2D eigenvalue weighted by molar-refractivity contribution is -0.139. The highest BCUT2D eigenvalue weighted by atomic mass is 16.5. The highest BCUT2D eigenvalue weighted by Gasteiger charge is 2.25. The fourth-order valence-electron chi connectivity index (χ4n) is 1.59. The van der Waals surface area contributed by atoms with Crippen LogP contribution in [0.3, 0.4) is 0 Å². The van der Waals surface area contributed by atoms with Crippen LogP contribution in [0.2, 0.25) is 0 Å². The number of benzene rings is 1. The summed E-state index contributed by atoms with van der Waals surface area (Å²) in [7, 11) is 4.29. The van der Waals surface area contributed by atoms with Crippen LogP contribution in [0.15, 0.2) is 12.1 Å². The minimum absolute atomic E-state index is 0.199. The predicted molar refractivity (Wildman–Crippen MR) is 67.2 cm³/mol. The summed E-state index contributed by atoms with van der Waals surface area (Å²) in [6, 6.07) is 2.87. The number of carbonyl (C=O) groups is 2. The molecular weight excluding hydrogens is 252 g/mol. The SMILES string of the molecule is COc1cc(C(=O)C(C)C(=O)O)cc(OC)c1OC. The summed E-state index contributed by atoms with van der Waals surface area (Å²) in [5.41, 5.74) is 0.199. The second kappa shape index (κ2) is 6.08. The molecule has 6 heteroatoms. The topological polar surface area (TPSA) is 82.1 Å². The predicted octanol–water partition coefficient (Wildman–Crippen LogP) is 1.62. The van der Waals surface area contributed by atoms with E-state index in [1.165, 1.54) is 40.4 Å². The van der Waals surface area contributed by atoms with Crippen molar-refractivity contribution in [3.05, 3.63) is 17.7 Å². The first-order valence-electron chi connectivity index (χ1n) is 5.53. The van der Waals surface area contributed by atoms with Crippen molar-refractivity contribution in [2.75, 3.05) is 21.3 Å². The number of rotatable bonds is 6. The maximum Gasteiger partial charge on any atom is 0.314 e. The van der Waals surface area contributed by atoms with Gasteiger partial charge in [-0.25, -0.2) is 0 Å². The van der Waals surface area contributed by atoms with Crippen molar-refractivity contribution in [1.82, 2.24) is 0 Å². The Bertz CT molecular complexity index is 469. The molecule has 104 valence electrons. The average Bonchev–Trinajstić information content (AvgIpc) is 2.43. The van der Waals surface area contributed by atoms with Gasteiger partial charge in [0, 0.05) is 5.56 Å². The molecule has 1 unspecified atom stereocenters. The van der Waals surface area contributed by atoms with Gasteiger partial charge in [0.25, 0.3) is 0 Å². The molecule has 1 aromatic carbocycles. The van der Waals surface area contributed by atoms with E-state index in [0.717, 1.165) is 0 Å². The van der Waals surface area contributed by atoms with Crippen molar-refractivity contribution >= 4 is 11.8 Å². The summed E-state index contributed by atoms with van der Waals surface area (Å²) in [6.45, 7) is 1.33. The van der Waals surface area contributed by atoms with Gasteiger partial charge in [0.15, 0.2) is 17.3 Å². The van der Waals surface area contributed by atoms with E-state index in [0.29, 0.717) is 17.2 Å². The molecule has 0 saturated carbocycles. The molecule has 1 atom stereocenters. The summed E-state index contributed by atoms with van der Waals surface area (Å²) >= 11 is 0. The van der Waals surface area contributed by atoms with Crippen molar-refractivity contribution in [3.63, 3.8) is 0 Å². The summed E-state index contributed by atoms with van der Waals surface area (Å²) in [4.78, 5) is 22.8. The Morgan fingerprint density at radius 2 is 1.53 bits per heavy atom. The molecule has 0 heterocycles. The molecule has 1 N–H and O–H groups in total. The molecule has 0 aliphatic carbocycles. The number of aliphatic carboxylic acids is 1. The third kappa shape index (κ3) is 2.96. The van der Waals surface area contributed by atoms with E-state index in [2.05, 4.69) is 0 Å². The number of carboxylic acid groups (broad SMARTS) is 1. The number of carbonyl (C=O) groups excluding carboxylic acids is 1. The van der Waals surface area contributed by atoms with Crippen molar-refractivity contribution in [2.45, 2.75) is 6.92 Å². The van der Waals surface area contributed by atoms with Crippen LogP contribution in [0.25, 0.3) is 0 Å². The molecule has 1 rings (SSSR count). The third-order valence-electron chi connectivity index (χ3n) is 2.71. The molecule has 0 aromatic heterocycles. The summed E-state index contributed by atoms with van der Waals surface area (Å²) in [5, 5.41) is 8.86. The van der Waals surface area contributed by atoms with Crippen LogP contribution in [-0.2, 0) is 4.79 Å². The van der Waals surface area contributed by atoms with Gasteiger partial charge in [-0.05, 0) is 19.1 Å². The number of carboxylic acids is 1. The van der Waals surface area contributed by atoms with E-state index in [1.807, 2.05) is 0 Å². The third-order valence-corrected chi connectivity index (χ3v) is 2.71. The van der Waals surface area contributed by atoms with Crippen LogP contribution < -0.4 is 14.2 Å². The van der Waals surface area contributed by atoms with E-state index in [4.69, 9.17) is 19.3 Å². The van der Waals surface area contributed by atoms with Crippen LogP contribution in [0.5, 0.6) is 17.2 Å². The molecule has 0 saturated heterocycles. The highest BCUT2D eigenvalue weighted by Crippen LogP contribution is 2.38. The molecule has 0 aliphatic heterocycles. The van der Waals surface area contributed by atoms with E-state index >= 15 is 0 Å². The van der Waals surface area contributed by atoms with Crippen LogP contribution in [-0.4, -0.2) is 38.2 Å². The van der Waals surface area contributed by atoms with Gasteiger partial charge in [-0.1, -0.05) is 0 Å². The van der Waals surface area contributed by atoms with Gasteiger partial charge in [0.2, 0.25) is 5.75 Å². The molecule has 6 nitrogen and oxygen atoms in total. The Hall–Kier alpha value is -2.24. The van der Waals surface area contributed by atoms with Crippen molar-refractivity contribution in [3.8, 4) is 17.2 Å². The van der Waals surface area contributed by atoms with Gasteiger partial charge in [-0.15, -0.1) is 0 Å². The van der Waals surface area contributed by atoms with Crippen molar-refractivity contribution in [2.24, 2.45) is 5.92 Å². The second-order valence-electron chi connectivity index (χ2n) is 3.84. The Balaban J connectivity index is 3.30. The van der Waals surface area contributed by atoms with Crippen LogP contribution in [0, 0.1) is 5.92 Å². The second-order valence-corrected chi connectivity index (χ2v) is 3.84. The van der Waals surface area contributed by atoms with Gasteiger partial charge < -0.3 is 19.3 Å². The molecule has 0 spiro atoms. The molecular formula is C13H16O6. The number of Topliss-reactive ketones (excluding diaryl/α,β-unsaturated/α-hetero) is 1. The normalized spacial score (nSPS) is 11.6. The van der Waals surface area contributed by atoms with Gasteiger partial charge in [0.1, 0.15) is 5.92 Å². The monoisotopic (exact) mass is 268 g/mol. The summed E-state index contributed by atoms with van der Waals surface area (Å²) in [5.74, 6) is -1.87. The Labute approximate surface area is 110 Å². The Kier molecular flexibility index (Phi) is 4.74. The lowest BCUT2D eigenvalue weighted by Crippen LogP contribution is -2.20. The number of ether oxygens (including phenoxy) is 3. The van der Waals surface area contributed by atoms with E-state index in [1.54, 1.807) is 0 Å². The Morgan fingerprint density at radius 3 is 1.84 bits per heavy atom. The van der Waals surface area contributed by atoms with Crippen molar-refractivity contribution in [1.29, 1.82) is 0 Å². The standard InChI is InChI=1S/C13H16O6/c1-7(13(15)16)11(14)8-5-9(17-2)12(19-4)10(6-8)18-3/h5-7H,1-4H3,(H,15,16). The largest absolute Gasteiger partial charge is 0.493 e. The maximum absolute atomic E-state index is 12.0. The van der Waals surface area contributed by atoms with Crippen LogP contribution in [0.4, 0.5) is 0 Å². The smallest absolute Gasteiger partial charge is 0.314 e. The van der Waals surface area contributed by atoms with Crippen LogP contribution >= 0.6 is 0 Å². The van der Waals surface area contributed by atoms with Gasteiger partial charge in [-0.2, -0.15) is 0 Å². The minimum atomic E-state index is -1.18. The molecule has 0 aliphatic rings. The minimum Gasteiger partial charge on any atom is -0.493 e. The highest BCUT2D eigenvalue weighted by molar-refractivity contribution is 6.08. The fraction of sp³-hybridized carbons (Fsp3) is 0.385. The van der Waals surface area contributed by atoms with Gasteiger partial charge >= 0.3 is 5.97 Å². The molecule has 0 bridgehead atoms. The summed E-state index contributed by atoms with van der Waals surface area (Å²) in [6.07, 6.45) is 0. The van der Waals surface area contributed by atoms with E-state index in [9.17, 15) is 9.59 Å². The van der Waals surface area contributed by atoms with Crippen molar-refractivity contribution < 1.29 is 28.9 Å². The maximum atomic E-state index is 12.0. The van der Waals surface area contributed by atoms with Gasteiger partial charge in [-0.3, -0.25) is 9.59 Å². The molecule has 0 amide bonds. The molecule has 19 heavy (non-hydrogen) atoms. The Morgan fingerprint density at radius 1 is 1.05 bits per heavy atom. The van der Waals surface area contributed by atoms with E-state index in [-0.39, 0.29) is 5.56 Å². The number of hydrogen-bond acceptors (Lipinski definition) is 5. The van der Waals surface area contributed by atoms with E-state index < -0.39 is 17.7 Å². The zero-order valence-corrected chi connectivity index (χ0v) is 11.2. The zero-order valence-electron chi connectivity index (χ0n) is 11.2. The number of ketones is 1. The van der Waals surface area contributed by atoms with Gasteiger partial charge in [0.05, 0.1) is 21.3 Å². The molecule has 0 radical (unpaired) electrons. The molecule has 1 aromatic rings. The lowest BCUT2D eigenvalue weighted by Gasteiger charge is -2.14. The first kappa shape index (κ1) is 14.8. The lowest BCUT2D eigenvalue weighted by atomic mass is 9.99. The van der Waals surface area contributed by atoms with Crippen LogP contribution in [0.1, 0.15) is 17.3 Å². The fourth-order valence-corrected chi connectivity index (χ4v) is 1.59. The quantitative estimate of drug-likeness (QED) is 0.623.